The van der Waals surface area contributed by atoms with Crippen molar-refractivity contribution in [2.45, 2.75) is 19.1 Å². The second kappa shape index (κ2) is 7.49. The van der Waals surface area contributed by atoms with Crippen molar-refractivity contribution >= 4 is 11.6 Å². The Morgan fingerprint density at radius 2 is 1.85 bits per heavy atom. The Hall–Kier alpha value is -3.35. The Bertz CT molecular complexity index is 926. The Morgan fingerprint density at radius 1 is 1.11 bits per heavy atom. The highest BCUT2D eigenvalue weighted by Gasteiger charge is 2.30. The third-order valence-corrected chi connectivity index (χ3v) is 4.43. The summed E-state index contributed by atoms with van der Waals surface area (Å²) in [6.45, 7) is 0.822. The molecule has 1 aliphatic heterocycles. The van der Waals surface area contributed by atoms with Gasteiger partial charge in [-0.3, -0.25) is 4.79 Å². The SMILES string of the molecule is CNC(=O)C1CN(Cc2nnc(Cc3ccccc3)o2)c2ccccc2O1. The molecule has 1 atom stereocenters. The quantitative estimate of drug-likeness (QED) is 0.747. The summed E-state index contributed by atoms with van der Waals surface area (Å²) in [6.07, 6.45) is 0.00520. The standard InChI is InChI=1S/C20H20N4O3/c1-21-20(25)17-12-24(15-9-5-6-10-16(15)26-17)13-19-23-22-18(27-19)11-14-7-3-2-4-8-14/h2-10,17H,11-13H2,1H3,(H,21,25). The van der Waals surface area contributed by atoms with Crippen molar-refractivity contribution in [3.05, 3.63) is 71.9 Å². The molecule has 4 rings (SSSR count). The highest BCUT2D eigenvalue weighted by atomic mass is 16.5. The molecule has 0 aliphatic carbocycles. The minimum atomic E-state index is -0.586. The molecule has 3 aromatic rings. The number of aromatic nitrogens is 2. The molecule has 7 nitrogen and oxygen atoms in total. The van der Waals surface area contributed by atoms with E-state index in [0.717, 1.165) is 11.3 Å². The fourth-order valence-electron chi connectivity index (χ4n) is 3.11. The molecule has 1 aliphatic rings. The fourth-order valence-corrected chi connectivity index (χ4v) is 3.11. The molecule has 138 valence electrons. The maximum atomic E-state index is 12.1. The molecule has 0 radical (unpaired) electrons. The van der Waals surface area contributed by atoms with Crippen LogP contribution in [0.3, 0.4) is 0 Å². The van der Waals surface area contributed by atoms with Crippen LogP contribution in [0, 0.1) is 0 Å². The van der Waals surface area contributed by atoms with Crippen LogP contribution in [0.2, 0.25) is 0 Å². The van der Waals surface area contributed by atoms with Crippen LogP contribution in [0.25, 0.3) is 0 Å². The highest BCUT2D eigenvalue weighted by molar-refractivity contribution is 5.83. The molecule has 0 saturated carbocycles. The molecular formula is C20H20N4O3. The van der Waals surface area contributed by atoms with Gasteiger partial charge in [0.1, 0.15) is 5.75 Å². The number of ether oxygens (including phenoxy) is 1. The molecule has 1 unspecified atom stereocenters. The second-order valence-corrected chi connectivity index (χ2v) is 6.32. The highest BCUT2D eigenvalue weighted by Crippen LogP contribution is 2.34. The van der Waals surface area contributed by atoms with E-state index in [1.165, 1.54) is 0 Å². The Balaban J connectivity index is 1.52. The van der Waals surface area contributed by atoms with Gasteiger partial charge in [0.25, 0.3) is 5.91 Å². The largest absolute Gasteiger partial charge is 0.477 e. The van der Waals surface area contributed by atoms with E-state index >= 15 is 0 Å². The first-order chi connectivity index (χ1) is 13.2. The summed E-state index contributed by atoms with van der Waals surface area (Å²) in [6, 6.07) is 17.6. The zero-order valence-corrected chi connectivity index (χ0v) is 15.0. The topological polar surface area (TPSA) is 80.5 Å². The van der Waals surface area contributed by atoms with E-state index in [-0.39, 0.29) is 5.91 Å². The molecular weight excluding hydrogens is 344 g/mol. The average Bonchev–Trinajstić information content (AvgIpc) is 3.14. The number of fused-ring (bicyclic) bond motifs is 1. The van der Waals surface area contributed by atoms with Crippen LogP contribution in [-0.4, -0.2) is 35.8 Å². The van der Waals surface area contributed by atoms with Gasteiger partial charge in [0.05, 0.1) is 25.2 Å². The Morgan fingerprint density at radius 3 is 2.67 bits per heavy atom. The van der Waals surface area contributed by atoms with Gasteiger partial charge in [-0.1, -0.05) is 42.5 Å². The molecule has 0 fully saturated rings. The van der Waals surface area contributed by atoms with E-state index in [9.17, 15) is 4.79 Å². The lowest BCUT2D eigenvalue weighted by molar-refractivity contribution is -0.127. The summed E-state index contributed by atoms with van der Waals surface area (Å²) in [5.41, 5.74) is 2.02. The molecule has 0 saturated heterocycles. The number of hydrogen-bond donors (Lipinski definition) is 1. The first-order valence-electron chi connectivity index (χ1n) is 8.80. The van der Waals surface area contributed by atoms with E-state index in [1.54, 1.807) is 7.05 Å². The van der Waals surface area contributed by atoms with Crippen LogP contribution in [0.4, 0.5) is 5.69 Å². The summed E-state index contributed by atoms with van der Waals surface area (Å²) < 4.78 is 11.6. The number of nitrogens with one attached hydrogen (secondary N) is 1. The number of carbonyl (C=O) groups excluding carboxylic acids is 1. The smallest absolute Gasteiger partial charge is 0.262 e. The summed E-state index contributed by atoms with van der Waals surface area (Å²) in [5, 5.41) is 11.0. The first kappa shape index (κ1) is 17.1. The van der Waals surface area contributed by atoms with Crippen LogP contribution in [-0.2, 0) is 17.8 Å². The maximum Gasteiger partial charge on any atom is 0.262 e. The van der Waals surface area contributed by atoms with E-state index in [2.05, 4.69) is 15.5 Å². The van der Waals surface area contributed by atoms with Crippen LogP contribution >= 0.6 is 0 Å². The van der Waals surface area contributed by atoms with Gasteiger partial charge in [-0.2, -0.15) is 0 Å². The third-order valence-electron chi connectivity index (χ3n) is 4.43. The van der Waals surface area contributed by atoms with Crippen molar-refractivity contribution in [2.24, 2.45) is 0 Å². The molecule has 2 heterocycles. The predicted molar refractivity (Wildman–Crippen MR) is 99.5 cm³/mol. The lowest BCUT2D eigenvalue weighted by atomic mass is 10.1. The lowest BCUT2D eigenvalue weighted by Crippen LogP contribution is -2.48. The predicted octanol–water partition coefficient (Wildman–Crippen LogP) is 2.17. The molecule has 0 bridgehead atoms. The third kappa shape index (κ3) is 3.76. The first-order valence-corrected chi connectivity index (χ1v) is 8.80. The van der Waals surface area contributed by atoms with Gasteiger partial charge in [-0.05, 0) is 17.7 Å². The monoisotopic (exact) mass is 364 g/mol. The number of benzene rings is 2. The van der Waals surface area contributed by atoms with Crippen LogP contribution in [0.1, 0.15) is 17.3 Å². The number of amides is 1. The van der Waals surface area contributed by atoms with Gasteiger partial charge in [0.15, 0.2) is 6.10 Å². The molecule has 27 heavy (non-hydrogen) atoms. The second-order valence-electron chi connectivity index (χ2n) is 6.32. The van der Waals surface area contributed by atoms with Crippen molar-refractivity contribution in [1.29, 1.82) is 0 Å². The normalized spacial score (nSPS) is 15.7. The summed E-state index contributed by atoms with van der Waals surface area (Å²) in [4.78, 5) is 14.1. The van der Waals surface area contributed by atoms with E-state index in [1.807, 2.05) is 59.5 Å². The van der Waals surface area contributed by atoms with Gasteiger partial charge in [0.2, 0.25) is 11.8 Å². The number of rotatable bonds is 5. The zero-order chi connectivity index (χ0) is 18.6. The summed E-state index contributed by atoms with van der Waals surface area (Å²) >= 11 is 0. The number of hydrogen-bond acceptors (Lipinski definition) is 6. The van der Waals surface area contributed by atoms with Crippen molar-refractivity contribution in [2.75, 3.05) is 18.5 Å². The van der Waals surface area contributed by atoms with Crippen molar-refractivity contribution in [3.8, 4) is 5.75 Å². The van der Waals surface area contributed by atoms with Crippen molar-refractivity contribution < 1.29 is 13.9 Å². The van der Waals surface area contributed by atoms with Gasteiger partial charge < -0.3 is 19.4 Å². The van der Waals surface area contributed by atoms with Gasteiger partial charge in [0, 0.05) is 7.05 Å². The number of para-hydroxylation sites is 2. The van der Waals surface area contributed by atoms with Crippen LogP contribution in [0.15, 0.2) is 59.0 Å². The number of anilines is 1. The maximum absolute atomic E-state index is 12.1. The summed E-state index contributed by atoms with van der Waals surface area (Å²) in [5.74, 6) is 1.58. The van der Waals surface area contributed by atoms with Gasteiger partial charge in [-0.15, -0.1) is 10.2 Å². The number of carbonyl (C=O) groups is 1. The molecule has 1 amide bonds. The van der Waals surface area contributed by atoms with E-state index < -0.39 is 6.10 Å². The van der Waals surface area contributed by atoms with Crippen molar-refractivity contribution in [1.82, 2.24) is 15.5 Å². The number of likely N-dealkylation sites (N-methyl/N-ethyl adjacent to an activating group) is 1. The van der Waals surface area contributed by atoms with Crippen LogP contribution < -0.4 is 15.0 Å². The zero-order valence-electron chi connectivity index (χ0n) is 15.0. The van der Waals surface area contributed by atoms with Crippen molar-refractivity contribution in [3.63, 3.8) is 0 Å². The van der Waals surface area contributed by atoms with Gasteiger partial charge in [-0.25, -0.2) is 0 Å². The lowest BCUT2D eigenvalue weighted by Gasteiger charge is -2.34. The molecule has 0 spiro atoms. The van der Waals surface area contributed by atoms with E-state index in [4.69, 9.17) is 9.15 Å². The number of nitrogens with zero attached hydrogens (tertiary/aromatic N) is 3. The minimum absolute atomic E-state index is 0.162. The Labute approximate surface area is 157 Å². The molecule has 1 N–H and O–H groups in total. The summed E-state index contributed by atoms with van der Waals surface area (Å²) in [7, 11) is 1.60. The van der Waals surface area contributed by atoms with E-state index in [0.29, 0.717) is 37.0 Å². The fraction of sp³-hybridized carbons (Fsp3) is 0.250. The molecule has 1 aromatic heterocycles. The average molecular weight is 364 g/mol. The molecule has 7 heteroatoms. The minimum Gasteiger partial charge on any atom is -0.477 e. The van der Waals surface area contributed by atoms with Gasteiger partial charge >= 0.3 is 0 Å². The molecule has 2 aromatic carbocycles. The Kier molecular flexibility index (Phi) is 4.74. The van der Waals surface area contributed by atoms with Crippen LogP contribution in [0.5, 0.6) is 5.75 Å².